The van der Waals surface area contributed by atoms with Crippen LogP contribution in [0.4, 0.5) is 5.69 Å². The minimum atomic E-state index is 0.682. The van der Waals surface area contributed by atoms with E-state index in [-0.39, 0.29) is 0 Å². The number of halogens is 1. The highest BCUT2D eigenvalue weighted by molar-refractivity contribution is 9.10. The molecule has 0 saturated carbocycles. The van der Waals surface area contributed by atoms with Crippen LogP contribution in [0.2, 0.25) is 0 Å². The summed E-state index contributed by atoms with van der Waals surface area (Å²) in [5.74, 6) is 0. The molecule has 3 heteroatoms. The Morgan fingerprint density at radius 1 is 1.36 bits per heavy atom. The normalized spacial score (nSPS) is 15.0. The predicted molar refractivity (Wildman–Crippen MR) is 47.0 cm³/mol. The van der Waals surface area contributed by atoms with Gasteiger partial charge in [-0.25, -0.2) is 0 Å². The minimum absolute atomic E-state index is 0.682. The SMILES string of the molecule is Nc1ccc2c(c1Br)COC2. The van der Waals surface area contributed by atoms with Gasteiger partial charge in [-0.2, -0.15) is 0 Å². The summed E-state index contributed by atoms with van der Waals surface area (Å²) in [5.41, 5.74) is 8.92. The molecule has 0 spiro atoms. The molecule has 0 aromatic heterocycles. The van der Waals surface area contributed by atoms with Crippen molar-refractivity contribution in [2.45, 2.75) is 13.2 Å². The molecule has 0 bridgehead atoms. The van der Waals surface area contributed by atoms with E-state index in [1.54, 1.807) is 0 Å². The van der Waals surface area contributed by atoms with Crippen LogP contribution < -0.4 is 5.73 Å². The van der Waals surface area contributed by atoms with E-state index in [9.17, 15) is 0 Å². The van der Waals surface area contributed by atoms with Crippen LogP contribution in [-0.2, 0) is 18.0 Å². The molecule has 11 heavy (non-hydrogen) atoms. The first-order chi connectivity index (χ1) is 5.29. The molecule has 1 aromatic carbocycles. The van der Waals surface area contributed by atoms with E-state index in [0.29, 0.717) is 13.2 Å². The Morgan fingerprint density at radius 3 is 3.00 bits per heavy atom. The highest BCUT2D eigenvalue weighted by atomic mass is 79.9. The van der Waals surface area contributed by atoms with Gasteiger partial charge in [0.05, 0.1) is 13.2 Å². The van der Waals surface area contributed by atoms with Crippen molar-refractivity contribution in [2.24, 2.45) is 0 Å². The van der Waals surface area contributed by atoms with Crippen LogP contribution in [0.3, 0.4) is 0 Å². The van der Waals surface area contributed by atoms with Gasteiger partial charge in [-0.15, -0.1) is 0 Å². The van der Waals surface area contributed by atoms with Crippen molar-refractivity contribution >= 4 is 21.6 Å². The van der Waals surface area contributed by atoms with Crippen LogP contribution in [-0.4, -0.2) is 0 Å². The lowest BCUT2D eigenvalue weighted by Crippen LogP contribution is -1.91. The van der Waals surface area contributed by atoms with Gasteiger partial charge in [0.15, 0.2) is 0 Å². The Labute approximate surface area is 73.5 Å². The summed E-state index contributed by atoms with van der Waals surface area (Å²) in [5, 5.41) is 0. The summed E-state index contributed by atoms with van der Waals surface area (Å²) in [6.07, 6.45) is 0. The molecule has 1 heterocycles. The van der Waals surface area contributed by atoms with Gasteiger partial charge in [0.2, 0.25) is 0 Å². The van der Waals surface area contributed by atoms with Crippen LogP contribution in [0.25, 0.3) is 0 Å². The molecule has 0 aliphatic carbocycles. The molecule has 2 nitrogen and oxygen atoms in total. The third-order valence-electron chi connectivity index (χ3n) is 1.87. The van der Waals surface area contributed by atoms with E-state index < -0.39 is 0 Å². The average molecular weight is 214 g/mol. The maximum atomic E-state index is 5.69. The molecule has 0 radical (unpaired) electrons. The number of ether oxygens (including phenoxy) is 1. The van der Waals surface area contributed by atoms with Crippen LogP contribution in [0.15, 0.2) is 16.6 Å². The van der Waals surface area contributed by atoms with Crippen LogP contribution in [0, 0.1) is 0 Å². The molecule has 1 aliphatic rings. The molecular formula is C8H8BrNO. The van der Waals surface area contributed by atoms with Gasteiger partial charge in [0, 0.05) is 10.2 Å². The largest absolute Gasteiger partial charge is 0.398 e. The Morgan fingerprint density at radius 2 is 2.18 bits per heavy atom. The summed E-state index contributed by atoms with van der Waals surface area (Å²) in [6.45, 7) is 1.40. The van der Waals surface area contributed by atoms with Crippen LogP contribution in [0.5, 0.6) is 0 Å². The van der Waals surface area contributed by atoms with Crippen molar-refractivity contribution in [2.75, 3.05) is 5.73 Å². The zero-order valence-electron chi connectivity index (χ0n) is 5.93. The van der Waals surface area contributed by atoms with Gasteiger partial charge in [-0.3, -0.25) is 0 Å². The topological polar surface area (TPSA) is 35.2 Å². The summed E-state index contributed by atoms with van der Waals surface area (Å²) in [4.78, 5) is 0. The highest BCUT2D eigenvalue weighted by Gasteiger charge is 2.15. The van der Waals surface area contributed by atoms with E-state index in [0.717, 1.165) is 10.2 Å². The number of anilines is 1. The Kier molecular flexibility index (Phi) is 1.62. The average Bonchev–Trinajstić information content (AvgIpc) is 2.45. The van der Waals surface area contributed by atoms with E-state index in [4.69, 9.17) is 10.5 Å². The van der Waals surface area contributed by atoms with Gasteiger partial charge < -0.3 is 10.5 Å². The minimum Gasteiger partial charge on any atom is -0.398 e. The second kappa shape index (κ2) is 2.50. The van der Waals surface area contributed by atoms with E-state index in [1.807, 2.05) is 12.1 Å². The summed E-state index contributed by atoms with van der Waals surface area (Å²) in [7, 11) is 0. The Bertz CT molecular complexity index is 298. The first-order valence-corrected chi connectivity index (χ1v) is 4.22. The first kappa shape index (κ1) is 7.13. The van der Waals surface area contributed by atoms with E-state index >= 15 is 0 Å². The highest BCUT2D eigenvalue weighted by Crippen LogP contribution is 2.31. The fourth-order valence-electron chi connectivity index (χ4n) is 1.23. The third-order valence-corrected chi connectivity index (χ3v) is 2.81. The first-order valence-electron chi connectivity index (χ1n) is 3.42. The lowest BCUT2D eigenvalue weighted by atomic mass is 10.1. The van der Waals surface area contributed by atoms with Crippen molar-refractivity contribution in [1.82, 2.24) is 0 Å². The maximum Gasteiger partial charge on any atom is 0.0736 e. The summed E-state index contributed by atoms with van der Waals surface area (Å²) < 4.78 is 6.26. The molecule has 1 aromatic rings. The molecule has 0 saturated heterocycles. The fourth-order valence-corrected chi connectivity index (χ4v) is 1.73. The molecule has 0 amide bonds. The third kappa shape index (κ3) is 1.04. The second-order valence-electron chi connectivity index (χ2n) is 2.60. The Balaban J connectivity index is 2.62. The predicted octanol–water partition coefficient (Wildman–Crippen LogP) is 2.06. The number of nitrogens with two attached hydrogens (primary N) is 1. The summed E-state index contributed by atoms with van der Waals surface area (Å²) >= 11 is 3.43. The smallest absolute Gasteiger partial charge is 0.0736 e. The number of nitrogen functional groups attached to an aromatic ring is 1. The van der Waals surface area contributed by atoms with Gasteiger partial charge >= 0.3 is 0 Å². The lowest BCUT2D eigenvalue weighted by Gasteiger charge is -2.02. The van der Waals surface area contributed by atoms with Crippen LogP contribution >= 0.6 is 15.9 Å². The van der Waals surface area contributed by atoms with Gasteiger partial charge in [-0.05, 0) is 33.1 Å². The molecule has 0 atom stereocenters. The molecular weight excluding hydrogens is 206 g/mol. The molecule has 0 unspecified atom stereocenters. The van der Waals surface area contributed by atoms with Crippen molar-refractivity contribution in [3.63, 3.8) is 0 Å². The fraction of sp³-hybridized carbons (Fsp3) is 0.250. The van der Waals surface area contributed by atoms with Gasteiger partial charge in [0.1, 0.15) is 0 Å². The number of rotatable bonds is 0. The molecule has 0 fully saturated rings. The van der Waals surface area contributed by atoms with Crippen molar-refractivity contribution in [3.05, 3.63) is 27.7 Å². The van der Waals surface area contributed by atoms with E-state index in [2.05, 4.69) is 15.9 Å². The summed E-state index contributed by atoms with van der Waals surface area (Å²) in [6, 6.07) is 3.92. The molecule has 2 rings (SSSR count). The number of hydrogen-bond donors (Lipinski definition) is 1. The molecule has 2 N–H and O–H groups in total. The number of fused-ring (bicyclic) bond motifs is 1. The van der Waals surface area contributed by atoms with Crippen LogP contribution in [0.1, 0.15) is 11.1 Å². The van der Waals surface area contributed by atoms with Crippen molar-refractivity contribution in [1.29, 1.82) is 0 Å². The quantitative estimate of drug-likeness (QED) is 0.671. The van der Waals surface area contributed by atoms with Crippen molar-refractivity contribution < 1.29 is 4.74 Å². The maximum absolute atomic E-state index is 5.69. The Hall–Kier alpha value is -0.540. The van der Waals surface area contributed by atoms with Gasteiger partial charge in [-0.1, -0.05) is 6.07 Å². The van der Waals surface area contributed by atoms with Crippen molar-refractivity contribution in [3.8, 4) is 0 Å². The lowest BCUT2D eigenvalue weighted by molar-refractivity contribution is 0.134. The van der Waals surface area contributed by atoms with E-state index in [1.165, 1.54) is 11.1 Å². The number of hydrogen-bond acceptors (Lipinski definition) is 2. The standard InChI is InChI=1S/C8H8BrNO/c9-8-6-4-11-3-5(6)1-2-7(8)10/h1-2H,3-4,10H2. The monoisotopic (exact) mass is 213 g/mol. The zero-order valence-corrected chi connectivity index (χ0v) is 7.52. The second-order valence-corrected chi connectivity index (χ2v) is 3.39. The molecule has 1 aliphatic heterocycles. The van der Waals surface area contributed by atoms with Gasteiger partial charge in [0.25, 0.3) is 0 Å². The zero-order chi connectivity index (χ0) is 7.84. The number of benzene rings is 1. The molecule has 58 valence electrons.